The van der Waals surface area contributed by atoms with Crippen LogP contribution in [0.2, 0.25) is 0 Å². The predicted molar refractivity (Wildman–Crippen MR) is 131 cm³/mol. The number of amides is 5. The molecule has 0 aliphatic carbocycles. The lowest BCUT2D eigenvalue weighted by Crippen LogP contribution is -2.51. The molecule has 0 saturated heterocycles. The SMILES string of the molecule is CC(C)NC(=O)Nc1cccc2c1O[C@H](CN(C)C(=O)NC(C)C)[C@H](C)CN([C@H](C)CO)C2=O. The number of hydrogen-bond donors (Lipinski definition) is 4. The summed E-state index contributed by atoms with van der Waals surface area (Å²) in [6.45, 7) is 11.6. The number of carbonyl (C=O) groups excluding carboxylic acids is 3. The van der Waals surface area contributed by atoms with Gasteiger partial charge in [0.1, 0.15) is 6.10 Å². The molecule has 4 N–H and O–H groups in total. The Morgan fingerprint density at radius 3 is 2.41 bits per heavy atom. The zero-order chi connectivity index (χ0) is 25.6. The first-order valence-corrected chi connectivity index (χ1v) is 11.7. The summed E-state index contributed by atoms with van der Waals surface area (Å²) in [6.07, 6.45) is -0.473. The lowest BCUT2D eigenvalue weighted by molar-refractivity contribution is 0.0368. The second kappa shape index (κ2) is 11.9. The van der Waals surface area contributed by atoms with E-state index in [2.05, 4.69) is 16.0 Å². The topological polar surface area (TPSA) is 123 Å². The highest BCUT2D eigenvalue weighted by Crippen LogP contribution is 2.35. The van der Waals surface area contributed by atoms with Gasteiger partial charge in [0, 0.05) is 31.6 Å². The van der Waals surface area contributed by atoms with Crippen molar-refractivity contribution in [2.24, 2.45) is 5.92 Å². The molecule has 0 saturated carbocycles. The summed E-state index contributed by atoms with van der Waals surface area (Å²) in [6, 6.07) is 3.84. The normalized spacial score (nSPS) is 19.0. The highest BCUT2D eigenvalue weighted by atomic mass is 16.5. The average Bonchev–Trinajstić information content (AvgIpc) is 2.74. The Bertz CT molecular complexity index is 875. The monoisotopic (exact) mass is 477 g/mol. The van der Waals surface area contributed by atoms with Gasteiger partial charge in [0.2, 0.25) is 0 Å². The molecule has 0 bridgehead atoms. The number of aliphatic hydroxyl groups is 1. The Labute approximate surface area is 202 Å². The molecular weight excluding hydrogens is 438 g/mol. The fourth-order valence-electron chi connectivity index (χ4n) is 3.69. The van der Waals surface area contributed by atoms with Gasteiger partial charge in [-0.2, -0.15) is 0 Å². The number of fused-ring (bicyclic) bond motifs is 1. The first kappa shape index (κ1) is 27.2. The zero-order valence-electron chi connectivity index (χ0n) is 21.2. The number of para-hydroxylation sites is 1. The van der Waals surface area contributed by atoms with E-state index >= 15 is 0 Å². The van der Waals surface area contributed by atoms with E-state index in [0.717, 1.165) is 0 Å². The molecule has 10 nitrogen and oxygen atoms in total. The molecule has 0 spiro atoms. The number of benzene rings is 1. The molecule has 190 valence electrons. The molecule has 1 aromatic rings. The predicted octanol–water partition coefficient (Wildman–Crippen LogP) is 2.49. The van der Waals surface area contributed by atoms with E-state index < -0.39 is 18.2 Å². The zero-order valence-corrected chi connectivity index (χ0v) is 21.2. The number of hydrogen-bond acceptors (Lipinski definition) is 5. The summed E-state index contributed by atoms with van der Waals surface area (Å²) in [5, 5.41) is 18.2. The number of carbonyl (C=O) groups is 3. The highest BCUT2D eigenvalue weighted by molar-refractivity contribution is 6.01. The van der Waals surface area contributed by atoms with Crippen LogP contribution < -0.4 is 20.7 Å². The minimum atomic E-state index is -0.473. The third kappa shape index (κ3) is 6.99. The molecule has 0 radical (unpaired) electrons. The molecule has 3 atom stereocenters. The van der Waals surface area contributed by atoms with E-state index in [9.17, 15) is 19.5 Å². The Morgan fingerprint density at radius 1 is 1.18 bits per heavy atom. The fraction of sp³-hybridized carbons (Fsp3) is 0.625. The van der Waals surface area contributed by atoms with E-state index in [-0.39, 0.29) is 54.4 Å². The van der Waals surface area contributed by atoms with Gasteiger partial charge in [-0.15, -0.1) is 0 Å². The number of anilines is 1. The van der Waals surface area contributed by atoms with Gasteiger partial charge in [-0.25, -0.2) is 9.59 Å². The smallest absolute Gasteiger partial charge is 0.319 e. The third-order valence-corrected chi connectivity index (χ3v) is 5.57. The first-order chi connectivity index (χ1) is 15.9. The summed E-state index contributed by atoms with van der Waals surface area (Å²) in [5.74, 6) is -0.214. The number of urea groups is 2. The van der Waals surface area contributed by atoms with Crippen LogP contribution in [0.3, 0.4) is 0 Å². The molecule has 34 heavy (non-hydrogen) atoms. The third-order valence-electron chi connectivity index (χ3n) is 5.57. The molecule has 5 amide bonds. The fourth-order valence-corrected chi connectivity index (χ4v) is 3.69. The number of rotatable bonds is 7. The van der Waals surface area contributed by atoms with Gasteiger partial charge in [0.15, 0.2) is 5.75 Å². The van der Waals surface area contributed by atoms with Gasteiger partial charge in [-0.1, -0.05) is 13.0 Å². The largest absolute Gasteiger partial charge is 0.485 e. The van der Waals surface area contributed by atoms with Gasteiger partial charge < -0.3 is 35.6 Å². The standard InChI is InChI=1S/C24H39N5O5/c1-14(2)25-23(32)27-19-10-8-9-18-21(19)34-20(12-28(7)24(33)26-15(3)4)16(5)11-29(22(18)31)17(6)13-30/h8-10,14-17,20,30H,11-13H2,1-7H3,(H,26,33)(H2,25,27,32)/t16-,17-,20-/m1/s1. The number of nitrogens with zero attached hydrogens (tertiary/aromatic N) is 2. The lowest BCUT2D eigenvalue weighted by atomic mass is 9.99. The van der Waals surface area contributed by atoms with Crippen LogP contribution in [0.4, 0.5) is 15.3 Å². The minimum absolute atomic E-state index is 0.0138. The van der Waals surface area contributed by atoms with Crippen molar-refractivity contribution in [3.63, 3.8) is 0 Å². The van der Waals surface area contributed by atoms with E-state index in [0.29, 0.717) is 12.2 Å². The van der Waals surface area contributed by atoms with Crippen molar-refractivity contribution < 1.29 is 24.2 Å². The molecule has 1 aliphatic rings. The van der Waals surface area contributed by atoms with Crippen LogP contribution in [0.25, 0.3) is 0 Å². The maximum atomic E-state index is 13.4. The molecule has 0 fully saturated rings. The Kier molecular flexibility index (Phi) is 9.55. The van der Waals surface area contributed by atoms with E-state index in [1.807, 2.05) is 34.6 Å². The van der Waals surface area contributed by atoms with Crippen LogP contribution in [0, 0.1) is 5.92 Å². The Balaban J connectivity index is 2.47. The highest BCUT2D eigenvalue weighted by Gasteiger charge is 2.35. The molecule has 1 aromatic carbocycles. The van der Waals surface area contributed by atoms with Crippen LogP contribution in [0.1, 0.15) is 51.9 Å². The number of nitrogens with one attached hydrogen (secondary N) is 3. The van der Waals surface area contributed by atoms with Crippen molar-refractivity contribution in [2.45, 2.75) is 65.8 Å². The van der Waals surface area contributed by atoms with Crippen LogP contribution >= 0.6 is 0 Å². The lowest BCUT2D eigenvalue weighted by Gasteiger charge is -2.38. The van der Waals surface area contributed by atoms with Gasteiger partial charge in [-0.05, 0) is 46.8 Å². The van der Waals surface area contributed by atoms with Gasteiger partial charge in [-0.3, -0.25) is 4.79 Å². The Hall–Kier alpha value is -3.01. The summed E-state index contributed by atoms with van der Waals surface area (Å²) in [4.78, 5) is 41.5. The molecule has 0 unspecified atom stereocenters. The molecule has 1 heterocycles. The van der Waals surface area contributed by atoms with E-state index in [1.54, 1.807) is 42.0 Å². The van der Waals surface area contributed by atoms with Crippen LogP contribution in [-0.2, 0) is 0 Å². The summed E-state index contributed by atoms with van der Waals surface area (Å²) < 4.78 is 6.37. The second-order valence-corrected chi connectivity index (χ2v) is 9.54. The van der Waals surface area contributed by atoms with Crippen LogP contribution in [0.5, 0.6) is 5.75 Å². The van der Waals surface area contributed by atoms with E-state index in [1.165, 1.54) is 0 Å². The van der Waals surface area contributed by atoms with Crippen molar-refractivity contribution in [1.82, 2.24) is 20.4 Å². The summed E-state index contributed by atoms with van der Waals surface area (Å²) >= 11 is 0. The van der Waals surface area contributed by atoms with Crippen molar-refractivity contribution in [3.8, 4) is 5.75 Å². The van der Waals surface area contributed by atoms with Crippen molar-refractivity contribution in [2.75, 3.05) is 32.1 Å². The molecule has 1 aliphatic heterocycles. The molecule has 10 heteroatoms. The van der Waals surface area contributed by atoms with Crippen molar-refractivity contribution in [3.05, 3.63) is 23.8 Å². The maximum Gasteiger partial charge on any atom is 0.319 e. The van der Waals surface area contributed by atoms with Crippen molar-refractivity contribution >= 4 is 23.7 Å². The number of aliphatic hydroxyl groups excluding tert-OH is 1. The molecule has 0 aromatic heterocycles. The second-order valence-electron chi connectivity index (χ2n) is 9.54. The Morgan fingerprint density at radius 2 is 1.82 bits per heavy atom. The average molecular weight is 478 g/mol. The van der Waals surface area contributed by atoms with Gasteiger partial charge >= 0.3 is 12.1 Å². The van der Waals surface area contributed by atoms with Crippen LogP contribution in [0.15, 0.2) is 18.2 Å². The van der Waals surface area contributed by atoms with E-state index in [4.69, 9.17) is 4.74 Å². The summed E-state index contributed by atoms with van der Waals surface area (Å²) in [7, 11) is 1.69. The minimum Gasteiger partial charge on any atom is -0.485 e. The number of ether oxygens (including phenoxy) is 1. The quantitative estimate of drug-likeness (QED) is 0.480. The maximum absolute atomic E-state index is 13.4. The van der Waals surface area contributed by atoms with Gasteiger partial charge in [0.25, 0.3) is 5.91 Å². The molecule has 2 rings (SSSR count). The molecular formula is C24H39N5O5. The number of likely N-dealkylation sites (N-methyl/N-ethyl adjacent to an activating group) is 1. The van der Waals surface area contributed by atoms with Gasteiger partial charge in [0.05, 0.1) is 30.4 Å². The summed E-state index contributed by atoms with van der Waals surface area (Å²) in [5.41, 5.74) is 0.641. The first-order valence-electron chi connectivity index (χ1n) is 11.7. The van der Waals surface area contributed by atoms with Crippen molar-refractivity contribution in [1.29, 1.82) is 0 Å². The van der Waals surface area contributed by atoms with Crippen LogP contribution in [-0.4, -0.2) is 83.8 Å².